The Hall–Kier alpha value is -0.890. The highest BCUT2D eigenvalue weighted by Crippen LogP contribution is 2.42. The number of hydrogen-bond donors (Lipinski definition) is 1. The zero-order chi connectivity index (χ0) is 12.7. The van der Waals surface area contributed by atoms with Gasteiger partial charge in [0.05, 0.1) is 6.10 Å². The molecule has 0 amide bonds. The van der Waals surface area contributed by atoms with Crippen LogP contribution in [0.15, 0.2) is 22.8 Å². The van der Waals surface area contributed by atoms with Gasteiger partial charge in [0.1, 0.15) is 0 Å². The second-order valence-electron chi connectivity index (χ2n) is 5.84. The van der Waals surface area contributed by atoms with Gasteiger partial charge in [-0.2, -0.15) is 0 Å². The molecular formula is C15H22O2. The maximum absolute atomic E-state index is 11.8. The lowest BCUT2D eigenvalue weighted by Crippen LogP contribution is -2.19. The van der Waals surface area contributed by atoms with E-state index in [1.54, 1.807) is 0 Å². The highest BCUT2D eigenvalue weighted by atomic mass is 16.3. The van der Waals surface area contributed by atoms with E-state index >= 15 is 0 Å². The SMILES string of the molecule is CC1=C2C=C(C(C)C)[C@H](O)C[C@H](C)[C@H]2CC1=O. The number of aliphatic hydroxyl groups excluding tert-OH is 1. The summed E-state index contributed by atoms with van der Waals surface area (Å²) in [5, 5.41) is 10.2. The molecule has 3 atom stereocenters. The van der Waals surface area contributed by atoms with Crippen LogP contribution in [0.2, 0.25) is 0 Å². The first kappa shape index (κ1) is 12.6. The van der Waals surface area contributed by atoms with Crippen molar-refractivity contribution in [1.82, 2.24) is 0 Å². The number of hydrogen-bond acceptors (Lipinski definition) is 2. The van der Waals surface area contributed by atoms with Crippen molar-refractivity contribution in [3.63, 3.8) is 0 Å². The van der Waals surface area contributed by atoms with E-state index in [1.807, 2.05) is 6.92 Å². The van der Waals surface area contributed by atoms with Crippen LogP contribution in [0.4, 0.5) is 0 Å². The van der Waals surface area contributed by atoms with Gasteiger partial charge in [-0.1, -0.05) is 26.8 Å². The van der Waals surface area contributed by atoms with E-state index in [0.717, 1.165) is 17.6 Å². The molecule has 0 fully saturated rings. The fourth-order valence-electron chi connectivity index (χ4n) is 3.10. The summed E-state index contributed by atoms with van der Waals surface area (Å²) in [6.07, 6.45) is 3.17. The summed E-state index contributed by atoms with van der Waals surface area (Å²) in [5.74, 6) is 1.34. The summed E-state index contributed by atoms with van der Waals surface area (Å²) in [7, 11) is 0. The number of rotatable bonds is 1. The number of ketones is 1. The molecular weight excluding hydrogens is 212 g/mol. The van der Waals surface area contributed by atoms with Gasteiger partial charge in [0.2, 0.25) is 0 Å². The lowest BCUT2D eigenvalue weighted by Gasteiger charge is -2.20. The third-order valence-corrected chi connectivity index (χ3v) is 4.31. The molecule has 2 aliphatic rings. The summed E-state index contributed by atoms with van der Waals surface area (Å²) in [6.45, 7) is 8.28. The van der Waals surface area contributed by atoms with E-state index in [1.165, 1.54) is 5.57 Å². The zero-order valence-electron chi connectivity index (χ0n) is 11.2. The first-order valence-electron chi connectivity index (χ1n) is 6.55. The monoisotopic (exact) mass is 234 g/mol. The van der Waals surface area contributed by atoms with Crippen LogP contribution in [-0.2, 0) is 4.79 Å². The number of carbonyl (C=O) groups excluding carboxylic acids is 1. The van der Waals surface area contributed by atoms with Crippen LogP contribution >= 0.6 is 0 Å². The zero-order valence-corrected chi connectivity index (χ0v) is 11.2. The minimum Gasteiger partial charge on any atom is -0.389 e. The summed E-state index contributed by atoms with van der Waals surface area (Å²) in [4.78, 5) is 11.8. The third kappa shape index (κ3) is 2.11. The molecule has 0 spiro atoms. The fraction of sp³-hybridized carbons (Fsp3) is 0.667. The Balaban J connectivity index is 2.48. The average Bonchev–Trinajstić information content (AvgIpc) is 2.44. The molecule has 2 rings (SSSR count). The average molecular weight is 234 g/mol. The number of fused-ring (bicyclic) bond motifs is 1. The van der Waals surface area contributed by atoms with Crippen LogP contribution < -0.4 is 0 Å². The van der Waals surface area contributed by atoms with Crippen molar-refractivity contribution in [3.05, 3.63) is 22.8 Å². The van der Waals surface area contributed by atoms with Gasteiger partial charge in [0.15, 0.2) is 5.78 Å². The number of Topliss-reactive ketones (excluding diaryl/α,β-unsaturated/α-hetero) is 1. The molecule has 0 unspecified atom stereocenters. The Morgan fingerprint density at radius 3 is 2.65 bits per heavy atom. The van der Waals surface area contributed by atoms with Gasteiger partial charge in [0, 0.05) is 6.42 Å². The Kier molecular flexibility index (Phi) is 3.26. The van der Waals surface area contributed by atoms with Crippen molar-refractivity contribution < 1.29 is 9.90 Å². The summed E-state index contributed by atoms with van der Waals surface area (Å²) >= 11 is 0. The van der Waals surface area contributed by atoms with Crippen LogP contribution in [0, 0.1) is 17.8 Å². The van der Waals surface area contributed by atoms with Gasteiger partial charge in [-0.05, 0) is 47.8 Å². The molecule has 2 aliphatic carbocycles. The molecule has 94 valence electrons. The van der Waals surface area contributed by atoms with Gasteiger partial charge >= 0.3 is 0 Å². The topological polar surface area (TPSA) is 37.3 Å². The van der Waals surface area contributed by atoms with Crippen LogP contribution in [0.5, 0.6) is 0 Å². The maximum Gasteiger partial charge on any atom is 0.159 e. The first-order chi connectivity index (χ1) is 7.91. The van der Waals surface area contributed by atoms with E-state index in [-0.39, 0.29) is 11.9 Å². The van der Waals surface area contributed by atoms with Gasteiger partial charge in [0.25, 0.3) is 0 Å². The van der Waals surface area contributed by atoms with Gasteiger partial charge < -0.3 is 5.11 Å². The molecule has 0 radical (unpaired) electrons. The number of allylic oxidation sites excluding steroid dienone is 3. The molecule has 0 heterocycles. The molecule has 0 aromatic carbocycles. The molecule has 0 aliphatic heterocycles. The molecule has 0 bridgehead atoms. The summed E-state index contributed by atoms with van der Waals surface area (Å²) < 4.78 is 0. The minimum atomic E-state index is -0.342. The second-order valence-corrected chi connectivity index (χ2v) is 5.84. The molecule has 0 saturated carbocycles. The minimum absolute atomic E-state index is 0.285. The predicted octanol–water partition coefficient (Wildman–Crippen LogP) is 2.88. The maximum atomic E-state index is 11.8. The Bertz CT molecular complexity index is 401. The van der Waals surface area contributed by atoms with Crippen molar-refractivity contribution in [1.29, 1.82) is 0 Å². The molecule has 17 heavy (non-hydrogen) atoms. The summed E-state index contributed by atoms with van der Waals surface area (Å²) in [5.41, 5.74) is 3.18. The largest absolute Gasteiger partial charge is 0.389 e. The van der Waals surface area contributed by atoms with Crippen LogP contribution in [0.1, 0.15) is 40.5 Å². The van der Waals surface area contributed by atoms with Crippen molar-refractivity contribution in [2.24, 2.45) is 17.8 Å². The fourth-order valence-corrected chi connectivity index (χ4v) is 3.10. The number of aliphatic hydroxyl groups is 1. The van der Waals surface area contributed by atoms with Crippen molar-refractivity contribution in [3.8, 4) is 0 Å². The number of carbonyl (C=O) groups is 1. The predicted molar refractivity (Wildman–Crippen MR) is 68.5 cm³/mol. The molecule has 0 aromatic heterocycles. The molecule has 2 nitrogen and oxygen atoms in total. The summed E-state index contributed by atoms with van der Waals surface area (Å²) in [6, 6.07) is 0. The smallest absolute Gasteiger partial charge is 0.159 e. The van der Waals surface area contributed by atoms with E-state index < -0.39 is 0 Å². The van der Waals surface area contributed by atoms with Crippen molar-refractivity contribution in [2.75, 3.05) is 0 Å². The first-order valence-corrected chi connectivity index (χ1v) is 6.55. The normalized spacial score (nSPS) is 33.9. The van der Waals surface area contributed by atoms with Crippen molar-refractivity contribution in [2.45, 2.75) is 46.6 Å². The van der Waals surface area contributed by atoms with E-state index in [4.69, 9.17) is 0 Å². The van der Waals surface area contributed by atoms with Crippen LogP contribution in [0.25, 0.3) is 0 Å². The highest BCUT2D eigenvalue weighted by Gasteiger charge is 2.36. The second kappa shape index (κ2) is 4.41. The molecule has 2 heteroatoms. The molecule has 1 N–H and O–H groups in total. The Morgan fingerprint density at radius 2 is 2.06 bits per heavy atom. The van der Waals surface area contributed by atoms with Crippen molar-refractivity contribution >= 4 is 5.78 Å². The van der Waals surface area contributed by atoms with Gasteiger partial charge in [-0.15, -0.1) is 0 Å². The van der Waals surface area contributed by atoms with Crippen LogP contribution in [0.3, 0.4) is 0 Å². The van der Waals surface area contributed by atoms with E-state index in [0.29, 0.717) is 24.2 Å². The van der Waals surface area contributed by atoms with E-state index in [9.17, 15) is 9.90 Å². The standard InChI is InChI=1S/C15H22O2/c1-8(2)11-6-13-10(4)14(16)7-12(13)9(3)5-15(11)17/h6,8-9,12,15,17H,5,7H2,1-4H3/t9-,12+,15+/m0/s1. The quantitative estimate of drug-likeness (QED) is 0.757. The Labute approximate surface area is 103 Å². The van der Waals surface area contributed by atoms with Crippen LogP contribution in [-0.4, -0.2) is 17.0 Å². The van der Waals surface area contributed by atoms with E-state index in [2.05, 4.69) is 26.8 Å². The third-order valence-electron chi connectivity index (χ3n) is 4.31. The lowest BCUT2D eigenvalue weighted by atomic mass is 9.86. The van der Waals surface area contributed by atoms with Gasteiger partial charge in [-0.3, -0.25) is 4.79 Å². The molecule has 0 aromatic rings. The van der Waals surface area contributed by atoms with Gasteiger partial charge in [-0.25, -0.2) is 0 Å². The highest BCUT2D eigenvalue weighted by molar-refractivity contribution is 5.99. The molecule has 0 saturated heterocycles. The lowest BCUT2D eigenvalue weighted by molar-refractivity contribution is -0.115. The Morgan fingerprint density at radius 1 is 1.41 bits per heavy atom.